The molecule has 2 nitrogen and oxygen atoms in total. The van der Waals surface area contributed by atoms with Gasteiger partial charge >= 0.3 is 22.4 Å². The Bertz CT molecular complexity index is 181. The number of aryl methyl sites for hydroxylation is 1. The molecular weight excluding hydrogens is 299 g/mol. The minimum Gasteiger partial charge on any atom is -0.565 e. The molecule has 0 aliphatic rings. The molecule has 1 rings (SSSR count). The van der Waals surface area contributed by atoms with E-state index in [0.717, 1.165) is 10.2 Å². The Kier molecular flexibility index (Phi) is 4.09. The number of rotatable bonds is 0. The van der Waals surface area contributed by atoms with Crippen LogP contribution in [0.15, 0.2) is 4.47 Å². The first kappa shape index (κ1) is 9.72. The molecule has 1 aromatic heterocycles. The van der Waals surface area contributed by atoms with Gasteiger partial charge in [-0.2, -0.15) is 0 Å². The van der Waals surface area contributed by atoms with E-state index in [2.05, 4.69) is 26.1 Å². The van der Waals surface area contributed by atoms with Gasteiger partial charge in [0, 0.05) is 10.2 Å². The zero-order valence-corrected chi connectivity index (χ0v) is 8.28. The average Bonchev–Trinajstić information content (AvgIpc) is 1.98. The van der Waals surface area contributed by atoms with E-state index in [9.17, 15) is 0 Å². The fourth-order valence-corrected chi connectivity index (χ4v) is 0.689. The maximum absolute atomic E-state index is 5.51. The molecule has 0 aliphatic heterocycles. The standard InChI is InChI=1S/C4H3BrClN2.Ag/c1-2-3(5)4(6)8-7-2;/h1H3;/q-1;+1. The molecule has 0 saturated heterocycles. The number of aromatic nitrogens is 2. The molecule has 0 spiro atoms. The van der Waals surface area contributed by atoms with Crippen LogP contribution in [0.4, 0.5) is 0 Å². The molecule has 54 valence electrons. The first-order valence-electron chi connectivity index (χ1n) is 2.03. The van der Waals surface area contributed by atoms with Gasteiger partial charge in [0.1, 0.15) is 0 Å². The van der Waals surface area contributed by atoms with Crippen LogP contribution in [-0.4, -0.2) is 5.10 Å². The summed E-state index contributed by atoms with van der Waals surface area (Å²) in [6, 6.07) is 0. The van der Waals surface area contributed by atoms with E-state index >= 15 is 0 Å². The normalized spacial score (nSPS) is 8.78. The van der Waals surface area contributed by atoms with Crippen LogP contribution in [0.5, 0.6) is 0 Å². The summed E-state index contributed by atoms with van der Waals surface area (Å²) in [5, 5.41) is 7.70. The maximum Gasteiger partial charge on any atom is 1.00 e. The van der Waals surface area contributed by atoms with Crippen molar-refractivity contribution in [2.24, 2.45) is 0 Å². The number of hydrogen-bond acceptors (Lipinski definition) is 1. The van der Waals surface area contributed by atoms with Crippen molar-refractivity contribution in [2.75, 3.05) is 0 Å². The smallest absolute Gasteiger partial charge is 0.565 e. The second kappa shape index (κ2) is 3.78. The van der Waals surface area contributed by atoms with E-state index in [4.69, 9.17) is 11.6 Å². The fraction of sp³-hybridized carbons (Fsp3) is 0.250. The van der Waals surface area contributed by atoms with Gasteiger partial charge < -0.3 is 10.2 Å². The van der Waals surface area contributed by atoms with Crippen LogP contribution in [0.3, 0.4) is 0 Å². The van der Waals surface area contributed by atoms with Crippen LogP contribution in [0.2, 0.25) is 5.15 Å². The van der Waals surface area contributed by atoms with Crippen LogP contribution < -0.4 is 5.10 Å². The van der Waals surface area contributed by atoms with Crippen molar-refractivity contribution in [3.63, 3.8) is 0 Å². The summed E-state index contributed by atoms with van der Waals surface area (Å²) in [5.74, 6) is 0. The van der Waals surface area contributed by atoms with Gasteiger partial charge in [0.2, 0.25) is 0 Å². The Morgan fingerprint density at radius 1 is 1.67 bits per heavy atom. The van der Waals surface area contributed by atoms with E-state index in [1.807, 2.05) is 6.92 Å². The monoisotopic (exact) mass is 300 g/mol. The Morgan fingerprint density at radius 3 is 2.33 bits per heavy atom. The first-order chi connectivity index (χ1) is 3.72. The summed E-state index contributed by atoms with van der Waals surface area (Å²) < 4.78 is 0.791. The largest absolute Gasteiger partial charge is 1.00 e. The summed E-state index contributed by atoms with van der Waals surface area (Å²) in [4.78, 5) is 0. The molecule has 0 aliphatic carbocycles. The molecule has 9 heavy (non-hydrogen) atoms. The van der Waals surface area contributed by atoms with Gasteiger partial charge in [0.05, 0.1) is 0 Å². The van der Waals surface area contributed by atoms with Crippen molar-refractivity contribution >= 4 is 27.5 Å². The number of halogens is 2. The van der Waals surface area contributed by atoms with Crippen LogP contribution in [0.25, 0.3) is 0 Å². The Morgan fingerprint density at radius 2 is 2.22 bits per heavy atom. The van der Waals surface area contributed by atoms with Gasteiger partial charge in [-0.3, -0.25) is 0 Å². The fourth-order valence-electron chi connectivity index (χ4n) is 0.356. The van der Waals surface area contributed by atoms with E-state index in [1.54, 1.807) is 0 Å². The molecule has 1 aromatic rings. The Balaban J connectivity index is 0.000000640. The first-order valence-corrected chi connectivity index (χ1v) is 3.20. The third kappa shape index (κ3) is 2.09. The van der Waals surface area contributed by atoms with Gasteiger partial charge in [-0.25, -0.2) is 0 Å². The minimum atomic E-state index is 0. The number of hydrogen-bond donors (Lipinski definition) is 0. The van der Waals surface area contributed by atoms with E-state index in [0.29, 0.717) is 5.15 Å². The summed E-state index contributed by atoms with van der Waals surface area (Å²) in [5.41, 5.74) is 0.829. The van der Waals surface area contributed by atoms with Gasteiger partial charge in [-0.1, -0.05) is 0 Å². The third-order valence-electron chi connectivity index (χ3n) is 0.787. The molecule has 0 amide bonds. The predicted octanol–water partition coefficient (Wildman–Crippen LogP) is 1.76. The Labute approximate surface area is 82.0 Å². The average molecular weight is 302 g/mol. The third-order valence-corrected chi connectivity index (χ3v) is 2.23. The molecule has 0 radical (unpaired) electrons. The molecule has 1 heterocycles. The van der Waals surface area contributed by atoms with Crippen LogP contribution in [-0.2, 0) is 22.4 Å². The van der Waals surface area contributed by atoms with Crippen molar-refractivity contribution in [2.45, 2.75) is 6.92 Å². The summed E-state index contributed by atoms with van der Waals surface area (Å²) in [7, 11) is 0. The molecule has 0 N–H and O–H groups in total. The van der Waals surface area contributed by atoms with Gasteiger partial charge in [0.15, 0.2) is 0 Å². The predicted molar refractivity (Wildman–Crippen MR) is 35.0 cm³/mol. The molecule has 0 fully saturated rings. The zero-order chi connectivity index (χ0) is 6.15. The molecule has 0 atom stereocenters. The molecule has 5 heteroatoms. The van der Waals surface area contributed by atoms with Gasteiger partial charge in [0.25, 0.3) is 0 Å². The van der Waals surface area contributed by atoms with Crippen molar-refractivity contribution in [1.82, 2.24) is 10.2 Å². The van der Waals surface area contributed by atoms with Crippen molar-refractivity contribution in [1.29, 1.82) is 0 Å². The SMILES string of the molecule is Cc1n[n-]c(Cl)c1Br.[Ag+]. The molecule has 0 saturated carbocycles. The molecule has 0 aromatic carbocycles. The van der Waals surface area contributed by atoms with Crippen molar-refractivity contribution in [3.05, 3.63) is 15.3 Å². The molecular formula is C4H3AgBrClN2. The van der Waals surface area contributed by atoms with Crippen molar-refractivity contribution in [3.8, 4) is 0 Å². The quantitative estimate of drug-likeness (QED) is 0.683. The Hall–Kier alpha value is 0.720. The van der Waals surface area contributed by atoms with E-state index in [1.165, 1.54) is 0 Å². The summed E-state index contributed by atoms with van der Waals surface area (Å²) >= 11 is 8.70. The second-order valence-corrected chi connectivity index (χ2v) is 2.54. The molecule has 0 bridgehead atoms. The van der Waals surface area contributed by atoms with E-state index < -0.39 is 0 Å². The zero-order valence-electron chi connectivity index (χ0n) is 4.45. The van der Waals surface area contributed by atoms with Gasteiger partial charge in [-0.15, -0.1) is 11.6 Å². The van der Waals surface area contributed by atoms with Gasteiger partial charge in [-0.05, 0) is 28.0 Å². The topological polar surface area (TPSA) is 27.0 Å². The maximum atomic E-state index is 5.51. The molecule has 0 unspecified atom stereocenters. The van der Waals surface area contributed by atoms with Crippen LogP contribution in [0.1, 0.15) is 5.69 Å². The van der Waals surface area contributed by atoms with Crippen molar-refractivity contribution < 1.29 is 22.4 Å². The van der Waals surface area contributed by atoms with E-state index in [-0.39, 0.29) is 22.4 Å². The second-order valence-electron chi connectivity index (χ2n) is 1.39. The summed E-state index contributed by atoms with van der Waals surface area (Å²) in [6.07, 6.45) is 0. The summed E-state index contributed by atoms with van der Waals surface area (Å²) in [6.45, 7) is 1.84. The van der Waals surface area contributed by atoms with Crippen LogP contribution >= 0.6 is 27.5 Å². The number of nitrogens with zero attached hydrogens (tertiary/aromatic N) is 2. The minimum absolute atomic E-state index is 0. The van der Waals surface area contributed by atoms with Crippen LogP contribution in [0, 0.1) is 6.92 Å².